The molecule has 0 fully saturated rings. The molecule has 0 unspecified atom stereocenters. The van der Waals surface area contributed by atoms with E-state index in [1.165, 1.54) is 45.1 Å². The predicted octanol–water partition coefficient (Wildman–Crippen LogP) is 1.74. The van der Waals surface area contributed by atoms with Crippen LogP contribution in [-0.4, -0.2) is 19.2 Å². The molecule has 0 bridgehead atoms. The van der Waals surface area contributed by atoms with Crippen molar-refractivity contribution in [1.29, 1.82) is 0 Å². The van der Waals surface area contributed by atoms with Gasteiger partial charge in [0.05, 0.1) is 13.6 Å². The van der Waals surface area contributed by atoms with Crippen molar-refractivity contribution in [3.63, 3.8) is 0 Å². The van der Waals surface area contributed by atoms with Gasteiger partial charge in [0.25, 0.3) is 0 Å². The van der Waals surface area contributed by atoms with Gasteiger partial charge < -0.3 is 14.7 Å². The van der Waals surface area contributed by atoms with Crippen molar-refractivity contribution in [2.45, 2.75) is 52.0 Å². The van der Waals surface area contributed by atoms with Gasteiger partial charge in [0.15, 0.2) is 0 Å². The Morgan fingerprint density at radius 1 is 1.11 bits per heavy atom. The first-order valence-corrected chi connectivity index (χ1v) is 8.18. The van der Waals surface area contributed by atoms with Crippen LogP contribution in [0.2, 0.25) is 0 Å². The van der Waals surface area contributed by atoms with E-state index >= 15 is 0 Å². The summed E-state index contributed by atoms with van der Waals surface area (Å²) in [6.07, 6.45) is 14.6. The number of unbranched alkanes of at least 4 members (excludes halogenated alkanes) is 5. The number of imidazole rings is 1. The molecule has 1 heterocycles. The quantitative estimate of drug-likeness (QED) is 0.406. The predicted molar refractivity (Wildman–Crippen MR) is 73.2 cm³/mol. The average Bonchev–Trinajstić information content (AvgIpc) is 2.67. The highest BCUT2D eigenvalue weighted by molar-refractivity contribution is 7.45. The average molecular weight is 293 g/mol. The molecule has 0 radical (unpaired) electrons. The lowest BCUT2D eigenvalue weighted by Gasteiger charge is -1.98. The second kappa shape index (κ2) is 10.1. The highest BCUT2D eigenvalue weighted by Gasteiger charge is 2.00. The summed E-state index contributed by atoms with van der Waals surface area (Å²) in [6, 6.07) is 0. The van der Waals surface area contributed by atoms with E-state index in [1.807, 2.05) is 0 Å². The van der Waals surface area contributed by atoms with Crippen LogP contribution in [-0.2, 0) is 18.2 Å². The van der Waals surface area contributed by atoms with Crippen molar-refractivity contribution >= 4 is 7.82 Å². The maximum absolute atomic E-state index is 8.88. The summed E-state index contributed by atoms with van der Waals surface area (Å²) >= 11 is 0. The topological polar surface area (TPSA) is 86.6 Å². The largest absolute Gasteiger partial charge is 0.466 e. The molecule has 0 spiro atoms. The van der Waals surface area contributed by atoms with Crippen molar-refractivity contribution in [3.8, 4) is 0 Å². The lowest BCUT2D eigenvalue weighted by atomic mass is 10.1. The molecule has 3 N–H and O–H groups in total. The summed E-state index contributed by atoms with van der Waals surface area (Å²) < 4.78 is 13.2. The molecular weight excluding hydrogens is 267 g/mol. The second-order valence-corrected chi connectivity index (χ2v) is 5.62. The number of hydrogen-bond donors (Lipinski definition) is 3. The molecule has 1 rings (SSSR count). The van der Waals surface area contributed by atoms with E-state index < -0.39 is 7.82 Å². The fraction of sp³-hybridized carbons (Fsp3) is 0.750. The number of phosphoric acid groups is 1. The van der Waals surface area contributed by atoms with Crippen LogP contribution < -0.4 is 4.57 Å². The third-order valence-corrected chi connectivity index (χ3v) is 2.59. The molecule has 1 aromatic rings. The Bertz CT molecular complexity index is 367. The van der Waals surface area contributed by atoms with E-state index in [1.54, 1.807) is 0 Å². The zero-order valence-electron chi connectivity index (χ0n) is 11.8. The Hall–Kier alpha value is -0.680. The Morgan fingerprint density at radius 3 is 2.11 bits per heavy atom. The summed E-state index contributed by atoms with van der Waals surface area (Å²) in [6.45, 7) is 3.44. The van der Waals surface area contributed by atoms with Crippen molar-refractivity contribution in [3.05, 3.63) is 18.7 Å². The molecule has 0 aliphatic heterocycles. The van der Waals surface area contributed by atoms with Gasteiger partial charge in [0.2, 0.25) is 6.33 Å². The van der Waals surface area contributed by atoms with Crippen LogP contribution in [0.1, 0.15) is 45.4 Å². The van der Waals surface area contributed by atoms with E-state index in [9.17, 15) is 0 Å². The molecule has 112 valence electrons. The van der Waals surface area contributed by atoms with E-state index in [0.717, 1.165) is 0 Å². The third kappa shape index (κ3) is 15.3. The van der Waals surface area contributed by atoms with Crippen LogP contribution in [0.4, 0.5) is 0 Å². The van der Waals surface area contributed by atoms with Gasteiger partial charge in [-0.05, 0) is 12.8 Å². The summed E-state index contributed by atoms with van der Waals surface area (Å²) in [5.74, 6) is 0. The zero-order chi connectivity index (χ0) is 14.7. The molecule has 19 heavy (non-hydrogen) atoms. The Kier molecular flexibility index (Phi) is 9.79. The van der Waals surface area contributed by atoms with Crippen LogP contribution in [0, 0.1) is 0 Å². The van der Waals surface area contributed by atoms with Crippen LogP contribution in [0.15, 0.2) is 18.7 Å². The summed E-state index contributed by atoms with van der Waals surface area (Å²) in [5, 5.41) is 0. The fourth-order valence-corrected chi connectivity index (χ4v) is 1.71. The van der Waals surface area contributed by atoms with Crippen LogP contribution in [0.5, 0.6) is 0 Å². The third-order valence-electron chi connectivity index (χ3n) is 2.59. The Balaban J connectivity index is 0.000000555. The first-order valence-electron chi connectivity index (χ1n) is 6.62. The van der Waals surface area contributed by atoms with Gasteiger partial charge in [-0.3, -0.25) is 0 Å². The first-order chi connectivity index (χ1) is 8.83. The molecule has 0 atom stereocenters. The summed E-state index contributed by atoms with van der Waals surface area (Å²) in [4.78, 5) is 21.6. The molecule has 0 amide bonds. The van der Waals surface area contributed by atoms with Gasteiger partial charge in [0.1, 0.15) is 12.4 Å². The number of hydrogen-bond acceptors (Lipinski definition) is 1. The number of aryl methyl sites for hydroxylation is 2. The summed E-state index contributed by atoms with van der Waals surface area (Å²) in [5.41, 5.74) is 0. The van der Waals surface area contributed by atoms with Gasteiger partial charge in [-0.25, -0.2) is 13.7 Å². The maximum atomic E-state index is 8.88. The Morgan fingerprint density at radius 2 is 1.63 bits per heavy atom. The number of rotatable bonds is 7. The van der Waals surface area contributed by atoms with E-state index in [0.29, 0.717) is 0 Å². The Labute approximate surface area is 115 Å². The van der Waals surface area contributed by atoms with Gasteiger partial charge in [-0.2, -0.15) is 0 Å². The SMILES string of the molecule is CCCCCCCC[n+]1ccn(C)c1.O=P(O)(O)O. The van der Waals surface area contributed by atoms with Crippen LogP contribution in [0.3, 0.4) is 0 Å². The lowest BCUT2D eigenvalue weighted by molar-refractivity contribution is -0.696. The first kappa shape index (κ1) is 18.3. The molecule has 1 aromatic heterocycles. The molecule has 0 aliphatic rings. The smallest absolute Gasteiger partial charge is 0.303 e. The molecular formula is C12H26N2O4P+. The van der Waals surface area contributed by atoms with Gasteiger partial charge in [-0.1, -0.05) is 32.6 Å². The molecule has 0 aromatic carbocycles. The van der Waals surface area contributed by atoms with Crippen molar-refractivity contribution in [2.24, 2.45) is 7.05 Å². The number of aromatic nitrogens is 2. The van der Waals surface area contributed by atoms with Crippen molar-refractivity contribution in [2.75, 3.05) is 0 Å². The lowest BCUT2D eigenvalue weighted by Crippen LogP contribution is -2.30. The monoisotopic (exact) mass is 293 g/mol. The van der Waals surface area contributed by atoms with Gasteiger partial charge >= 0.3 is 7.82 Å². The minimum absolute atomic E-state index is 1.17. The molecule has 0 saturated heterocycles. The van der Waals surface area contributed by atoms with Gasteiger partial charge in [0, 0.05) is 0 Å². The molecule has 6 nitrogen and oxygen atoms in total. The van der Waals surface area contributed by atoms with Crippen molar-refractivity contribution in [1.82, 2.24) is 4.57 Å². The molecule has 0 saturated carbocycles. The van der Waals surface area contributed by atoms with E-state index in [-0.39, 0.29) is 0 Å². The minimum Gasteiger partial charge on any atom is -0.303 e. The maximum Gasteiger partial charge on any atom is 0.466 e. The van der Waals surface area contributed by atoms with Crippen molar-refractivity contribution < 1.29 is 23.8 Å². The standard InChI is InChI=1S/C12H23N2.H3O4P/c1-3-4-5-6-7-8-9-14-11-10-13(2)12-14;1-5(2,3)4/h10-12H,3-9H2,1-2H3;(H3,1,2,3,4)/q+1;. The van der Waals surface area contributed by atoms with Crippen LogP contribution >= 0.6 is 7.82 Å². The number of nitrogens with zero attached hydrogens (tertiary/aromatic N) is 2. The van der Waals surface area contributed by atoms with Crippen LogP contribution in [0.25, 0.3) is 0 Å². The minimum atomic E-state index is -4.64. The van der Waals surface area contributed by atoms with E-state index in [4.69, 9.17) is 19.2 Å². The summed E-state index contributed by atoms with van der Waals surface area (Å²) in [7, 11) is -2.57. The highest BCUT2D eigenvalue weighted by Crippen LogP contribution is 2.25. The molecule has 7 heteroatoms. The normalized spacial score (nSPS) is 11.0. The van der Waals surface area contributed by atoms with Gasteiger partial charge in [-0.15, -0.1) is 0 Å². The zero-order valence-corrected chi connectivity index (χ0v) is 12.7. The fourth-order valence-electron chi connectivity index (χ4n) is 1.71. The second-order valence-electron chi connectivity index (χ2n) is 4.60. The molecule has 0 aliphatic carbocycles. The van der Waals surface area contributed by atoms with E-state index in [2.05, 4.69) is 41.8 Å². The highest BCUT2D eigenvalue weighted by atomic mass is 31.2.